The molecular weight excluding hydrogens is 280 g/mol. The van der Waals surface area contributed by atoms with E-state index in [2.05, 4.69) is 53.3 Å². The van der Waals surface area contributed by atoms with Crippen LogP contribution in [-0.4, -0.2) is 11.5 Å². The summed E-state index contributed by atoms with van der Waals surface area (Å²) in [6.07, 6.45) is 6.05. The molecule has 0 aromatic carbocycles. The van der Waals surface area contributed by atoms with Crippen molar-refractivity contribution in [1.82, 2.24) is 0 Å². The van der Waals surface area contributed by atoms with E-state index in [0.717, 1.165) is 17.9 Å². The third kappa shape index (κ3) is 6.30. The van der Waals surface area contributed by atoms with Gasteiger partial charge in [-0.2, -0.15) is 12.6 Å². The molecular formula is C18H34S2. The van der Waals surface area contributed by atoms with Crippen molar-refractivity contribution in [2.45, 2.75) is 67.7 Å². The predicted molar refractivity (Wildman–Crippen MR) is 101 cm³/mol. The first-order valence-corrected chi connectivity index (χ1v) is 9.69. The van der Waals surface area contributed by atoms with Crippen LogP contribution in [0.25, 0.3) is 0 Å². The standard InChI is InChI=1S/C16H28S2.C2H6/c1-6-7-13-10-16(4,5)11-14(12(2)3)15(13)18-9-8-17;1-2/h7,12,17H,6,8-11H2,1-5H3;1-2H3/b13-7+;. The minimum Gasteiger partial charge on any atom is -0.178 e. The summed E-state index contributed by atoms with van der Waals surface area (Å²) in [4.78, 5) is 1.58. The maximum atomic E-state index is 4.35. The number of allylic oxidation sites excluding steroid dienone is 3. The van der Waals surface area contributed by atoms with E-state index < -0.39 is 0 Å². The van der Waals surface area contributed by atoms with Crippen LogP contribution in [0.15, 0.2) is 22.1 Å². The highest BCUT2D eigenvalue weighted by Crippen LogP contribution is 2.47. The first-order chi connectivity index (χ1) is 9.41. The van der Waals surface area contributed by atoms with Crippen LogP contribution in [0.4, 0.5) is 0 Å². The van der Waals surface area contributed by atoms with Crippen LogP contribution in [0.5, 0.6) is 0 Å². The molecule has 1 aliphatic rings. The van der Waals surface area contributed by atoms with Crippen molar-refractivity contribution >= 4 is 24.4 Å². The average molecular weight is 315 g/mol. The first-order valence-electron chi connectivity index (χ1n) is 8.07. The van der Waals surface area contributed by atoms with Crippen LogP contribution >= 0.6 is 24.4 Å². The molecule has 0 radical (unpaired) electrons. The summed E-state index contributed by atoms with van der Waals surface area (Å²) in [5, 5.41) is 0. The van der Waals surface area contributed by atoms with Crippen molar-refractivity contribution in [2.24, 2.45) is 11.3 Å². The van der Waals surface area contributed by atoms with Gasteiger partial charge in [-0.1, -0.05) is 60.1 Å². The van der Waals surface area contributed by atoms with E-state index in [1.807, 2.05) is 25.6 Å². The molecule has 0 aromatic heterocycles. The lowest BCUT2D eigenvalue weighted by Gasteiger charge is -2.36. The van der Waals surface area contributed by atoms with Crippen LogP contribution in [0.2, 0.25) is 0 Å². The second-order valence-electron chi connectivity index (χ2n) is 6.24. The fourth-order valence-corrected chi connectivity index (χ4v) is 4.07. The summed E-state index contributed by atoms with van der Waals surface area (Å²) >= 11 is 6.37. The number of hydrogen-bond acceptors (Lipinski definition) is 2. The van der Waals surface area contributed by atoms with E-state index in [1.165, 1.54) is 12.8 Å². The summed E-state index contributed by atoms with van der Waals surface area (Å²) in [6.45, 7) is 15.7. The van der Waals surface area contributed by atoms with Crippen molar-refractivity contribution in [2.75, 3.05) is 11.5 Å². The largest absolute Gasteiger partial charge is 0.178 e. The minimum absolute atomic E-state index is 0.422. The van der Waals surface area contributed by atoms with Gasteiger partial charge in [0.1, 0.15) is 0 Å². The summed E-state index contributed by atoms with van der Waals surface area (Å²) in [5.74, 6) is 2.74. The maximum absolute atomic E-state index is 4.35. The number of thiol groups is 1. The zero-order valence-electron chi connectivity index (χ0n) is 14.5. The van der Waals surface area contributed by atoms with Gasteiger partial charge in [0.2, 0.25) is 0 Å². The molecule has 0 spiro atoms. The fraction of sp³-hybridized carbons (Fsp3) is 0.778. The smallest absolute Gasteiger partial charge is 0.00961 e. The number of rotatable bonds is 5. The summed E-state index contributed by atoms with van der Waals surface area (Å²) < 4.78 is 0. The van der Waals surface area contributed by atoms with E-state index >= 15 is 0 Å². The van der Waals surface area contributed by atoms with E-state index in [0.29, 0.717) is 11.3 Å². The summed E-state index contributed by atoms with van der Waals surface area (Å²) in [5.41, 5.74) is 3.67. The predicted octanol–water partition coefficient (Wildman–Crippen LogP) is 6.74. The van der Waals surface area contributed by atoms with Gasteiger partial charge < -0.3 is 0 Å². The van der Waals surface area contributed by atoms with Gasteiger partial charge in [0.25, 0.3) is 0 Å². The number of thioether (sulfide) groups is 1. The fourth-order valence-electron chi connectivity index (χ4n) is 2.67. The normalized spacial score (nSPS) is 20.1. The third-order valence-corrected chi connectivity index (χ3v) is 5.15. The van der Waals surface area contributed by atoms with Gasteiger partial charge in [0.05, 0.1) is 0 Å². The van der Waals surface area contributed by atoms with Gasteiger partial charge >= 0.3 is 0 Å². The lowest BCUT2D eigenvalue weighted by atomic mass is 9.72. The molecule has 0 unspecified atom stereocenters. The summed E-state index contributed by atoms with van der Waals surface area (Å²) in [6, 6.07) is 0. The Morgan fingerprint density at radius 2 is 1.85 bits per heavy atom. The van der Waals surface area contributed by atoms with Gasteiger partial charge in [-0.25, -0.2) is 0 Å². The van der Waals surface area contributed by atoms with E-state index in [1.54, 1.807) is 16.1 Å². The molecule has 0 nitrogen and oxygen atoms in total. The molecule has 0 N–H and O–H groups in total. The first kappa shape index (κ1) is 20.2. The van der Waals surface area contributed by atoms with E-state index in [9.17, 15) is 0 Å². The third-order valence-electron chi connectivity index (χ3n) is 3.41. The van der Waals surface area contributed by atoms with Crippen molar-refractivity contribution in [3.8, 4) is 0 Å². The van der Waals surface area contributed by atoms with E-state index in [4.69, 9.17) is 0 Å². The van der Waals surface area contributed by atoms with Crippen molar-refractivity contribution in [1.29, 1.82) is 0 Å². The molecule has 0 bridgehead atoms. The molecule has 0 heterocycles. The minimum atomic E-state index is 0.422. The Balaban J connectivity index is 0.00000172. The zero-order valence-corrected chi connectivity index (χ0v) is 16.3. The molecule has 118 valence electrons. The molecule has 0 fully saturated rings. The van der Waals surface area contributed by atoms with Gasteiger partial charge in [0, 0.05) is 10.7 Å². The number of hydrogen-bond donors (Lipinski definition) is 1. The molecule has 1 aliphatic carbocycles. The SMILES string of the molecule is CC.CC/C=C1\CC(C)(C)CC(C(C)C)=C1SCCS. The molecule has 0 amide bonds. The maximum Gasteiger partial charge on any atom is 0.00961 e. The van der Waals surface area contributed by atoms with Gasteiger partial charge in [-0.05, 0) is 41.9 Å². The summed E-state index contributed by atoms with van der Waals surface area (Å²) in [7, 11) is 0. The Kier molecular flexibility index (Phi) is 10.1. The topological polar surface area (TPSA) is 0 Å². The van der Waals surface area contributed by atoms with E-state index in [-0.39, 0.29) is 0 Å². The Morgan fingerprint density at radius 1 is 1.25 bits per heavy atom. The van der Waals surface area contributed by atoms with Crippen molar-refractivity contribution in [3.05, 3.63) is 22.1 Å². The molecule has 1 rings (SSSR count). The molecule has 0 atom stereocenters. The van der Waals surface area contributed by atoms with Gasteiger partial charge in [-0.3, -0.25) is 0 Å². The molecule has 20 heavy (non-hydrogen) atoms. The monoisotopic (exact) mass is 314 g/mol. The van der Waals surface area contributed by atoms with Crippen molar-refractivity contribution < 1.29 is 0 Å². The zero-order chi connectivity index (χ0) is 15.8. The van der Waals surface area contributed by atoms with Crippen LogP contribution in [0.3, 0.4) is 0 Å². The quantitative estimate of drug-likeness (QED) is 0.548. The van der Waals surface area contributed by atoms with Crippen molar-refractivity contribution in [3.63, 3.8) is 0 Å². The lowest BCUT2D eigenvalue weighted by Crippen LogP contribution is -2.22. The molecule has 0 saturated carbocycles. The van der Waals surface area contributed by atoms with Gasteiger partial charge in [-0.15, -0.1) is 11.8 Å². The molecule has 0 aliphatic heterocycles. The molecule has 0 aromatic rings. The Labute approximate surface area is 137 Å². The van der Waals surface area contributed by atoms with Crippen LogP contribution in [-0.2, 0) is 0 Å². The highest BCUT2D eigenvalue weighted by atomic mass is 32.2. The Hall–Kier alpha value is 0.180. The lowest BCUT2D eigenvalue weighted by molar-refractivity contribution is 0.337. The highest BCUT2D eigenvalue weighted by molar-refractivity contribution is 8.03. The van der Waals surface area contributed by atoms with Crippen LogP contribution < -0.4 is 0 Å². The average Bonchev–Trinajstić information content (AvgIpc) is 2.39. The van der Waals surface area contributed by atoms with Gasteiger partial charge in [0.15, 0.2) is 0 Å². The van der Waals surface area contributed by atoms with Crippen LogP contribution in [0, 0.1) is 11.3 Å². The Morgan fingerprint density at radius 3 is 2.30 bits per heavy atom. The molecule has 2 heteroatoms. The second kappa shape index (κ2) is 10.00. The Bertz CT molecular complexity index is 335. The van der Waals surface area contributed by atoms with Crippen LogP contribution in [0.1, 0.15) is 67.7 Å². The highest BCUT2D eigenvalue weighted by Gasteiger charge is 2.31. The molecule has 0 saturated heterocycles. The second-order valence-corrected chi connectivity index (χ2v) is 7.79.